The lowest BCUT2D eigenvalue weighted by Gasteiger charge is -2.00. The summed E-state index contributed by atoms with van der Waals surface area (Å²) in [4.78, 5) is 8.67. The number of hydrogen-bond donors (Lipinski definition) is 0. The zero-order valence-corrected chi connectivity index (χ0v) is 14.1. The molecule has 0 N–H and O–H groups in total. The molecule has 4 nitrogen and oxygen atoms in total. The van der Waals surface area contributed by atoms with Crippen molar-refractivity contribution in [2.75, 3.05) is 0 Å². The average Bonchev–Trinajstić information content (AvgIpc) is 3.30. The maximum absolute atomic E-state index is 4.37. The molecule has 0 radical (unpaired) electrons. The fraction of sp³-hybridized carbons (Fsp3) is 0.0500. The third-order valence-corrected chi connectivity index (χ3v) is 6.12. The Hall–Kier alpha value is -3.05. The highest BCUT2D eigenvalue weighted by Gasteiger charge is 2.33. The van der Waals surface area contributed by atoms with Crippen LogP contribution in [0.5, 0.6) is 0 Å². The van der Waals surface area contributed by atoms with E-state index >= 15 is 0 Å². The molecule has 4 aromatic heterocycles. The van der Waals surface area contributed by atoms with Crippen LogP contribution >= 0.6 is 11.3 Å². The van der Waals surface area contributed by atoms with E-state index in [0.717, 1.165) is 17.7 Å². The van der Waals surface area contributed by atoms with E-state index in [2.05, 4.69) is 61.6 Å². The topological polar surface area (TPSA) is 34.6 Å². The van der Waals surface area contributed by atoms with Gasteiger partial charge in [0.05, 0.1) is 11.6 Å². The number of hydrogen-bond acceptors (Lipinski definition) is 3. The highest BCUT2D eigenvalue weighted by Crippen LogP contribution is 2.40. The first-order chi connectivity index (χ1) is 12.4. The number of para-hydroxylation sites is 1. The van der Waals surface area contributed by atoms with E-state index in [4.69, 9.17) is 0 Å². The van der Waals surface area contributed by atoms with Crippen LogP contribution in [0.25, 0.3) is 37.5 Å². The van der Waals surface area contributed by atoms with Gasteiger partial charge in [0.15, 0.2) is 10.5 Å². The maximum Gasteiger partial charge on any atom is 0.306 e. The maximum atomic E-state index is 4.37. The molecule has 0 bridgehead atoms. The van der Waals surface area contributed by atoms with Gasteiger partial charge in [-0.25, -0.2) is 4.57 Å². The average molecular weight is 341 g/mol. The van der Waals surface area contributed by atoms with E-state index in [9.17, 15) is 0 Å². The Morgan fingerprint density at radius 2 is 1.80 bits per heavy atom. The molecule has 25 heavy (non-hydrogen) atoms. The van der Waals surface area contributed by atoms with Crippen LogP contribution in [0.1, 0.15) is 5.56 Å². The number of rotatable bonds is 1. The minimum Gasteiger partial charge on any atom is -0.264 e. The summed E-state index contributed by atoms with van der Waals surface area (Å²) in [7, 11) is 0. The van der Waals surface area contributed by atoms with Crippen LogP contribution < -0.4 is 4.57 Å². The van der Waals surface area contributed by atoms with Gasteiger partial charge in [-0.3, -0.25) is 9.97 Å². The highest BCUT2D eigenvalue weighted by molar-refractivity contribution is 7.22. The monoisotopic (exact) mass is 341 g/mol. The van der Waals surface area contributed by atoms with Crippen LogP contribution in [0.15, 0.2) is 67.3 Å². The molecule has 0 spiro atoms. The number of nitrogens with zero attached hydrogens (tertiary/aromatic N) is 4. The third-order valence-electron chi connectivity index (χ3n) is 4.88. The molecule has 1 aliphatic rings. The third kappa shape index (κ3) is 1.68. The van der Waals surface area contributed by atoms with Crippen LogP contribution in [-0.2, 0) is 6.54 Å². The van der Waals surface area contributed by atoms with Gasteiger partial charge in [-0.05, 0) is 24.3 Å². The standard InChI is InChI=1S/C20H13N4S/c1-2-4-14(5-3-1)24-17-11-22-9-7-16(17)18-19(24)23-12-13-10-21-8-6-15(13)20(23)25-18/h1-11H,12H2/q+1. The van der Waals surface area contributed by atoms with Crippen molar-refractivity contribution < 1.29 is 4.57 Å². The van der Waals surface area contributed by atoms with E-state index in [1.807, 2.05) is 36.1 Å². The van der Waals surface area contributed by atoms with Gasteiger partial charge in [0, 0.05) is 29.7 Å². The molecule has 0 saturated carbocycles. The predicted molar refractivity (Wildman–Crippen MR) is 99.0 cm³/mol. The smallest absolute Gasteiger partial charge is 0.264 e. The zero-order chi connectivity index (χ0) is 16.4. The molecule has 6 rings (SSSR count). The summed E-state index contributed by atoms with van der Waals surface area (Å²) in [6.07, 6.45) is 7.71. The largest absolute Gasteiger partial charge is 0.306 e. The van der Waals surface area contributed by atoms with E-state index < -0.39 is 0 Å². The summed E-state index contributed by atoms with van der Waals surface area (Å²) in [6, 6.07) is 14.8. The van der Waals surface area contributed by atoms with Crippen LogP contribution in [0.3, 0.4) is 0 Å². The van der Waals surface area contributed by atoms with Gasteiger partial charge in [0.25, 0.3) is 0 Å². The van der Waals surface area contributed by atoms with Crippen molar-refractivity contribution in [3.05, 3.63) is 72.8 Å². The van der Waals surface area contributed by atoms with Gasteiger partial charge < -0.3 is 0 Å². The van der Waals surface area contributed by atoms with Crippen molar-refractivity contribution in [1.82, 2.24) is 14.5 Å². The molecular formula is C20H13N4S+. The van der Waals surface area contributed by atoms with Crippen LogP contribution in [0.4, 0.5) is 0 Å². The number of benzene rings is 1. The SMILES string of the molecule is c1ccc(-n2c3cnccc3c3sc4[n+](c32)Cc2cnccc2-4)cc1. The van der Waals surface area contributed by atoms with Gasteiger partial charge >= 0.3 is 5.65 Å². The van der Waals surface area contributed by atoms with E-state index in [0.29, 0.717) is 0 Å². The second-order valence-electron chi connectivity index (χ2n) is 6.24. The summed E-state index contributed by atoms with van der Waals surface area (Å²) >= 11 is 1.86. The summed E-state index contributed by atoms with van der Waals surface area (Å²) in [6.45, 7) is 0.870. The van der Waals surface area contributed by atoms with Crippen LogP contribution in [0, 0.1) is 0 Å². The molecule has 1 aromatic carbocycles. The van der Waals surface area contributed by atoms with E-state index in [-0.39, 0.29) is 0 Å². The lowest BCUT2D eigenvalue weighted by atomic mass is 10.2. The minimum absolute atomic E-state index is 0.870. The van der Waals surface area contributed by atoms with Gasteiger partial charge in [-0.15, -0.1) is 0 Å². The number of thiazole rings is 1. The Kier molecular flexibility index (Phi) is 2.51. The summed E-state index contributed by atoms with van der Waals surface area (Å²) < 4.78 is 6.06. The second kappa shape index (κ2) is 4.74. The van der Waals surface area contributed by atoms with E-state index in [1.165, 1.54) is 31.9 Å². The van der Waals surface area contributed by atoms with E-state index in [1.54, 1.807) is 0 Å². The lowest BCUT2D eigenvalue weighted by molar-refractivity contribution is -0.644. The summed E-state index contributed by atoms with van der Waals surface area (Å²) in [5.41, 5.74) is 6.15. The molecule has 0 fully saturated rings. The highest BCUT2D eigenvalue weighted by atomic mass is 32.1. The quantitative estimate of drug-likeness (QED) is 0.424. The zero-order valence-electron chi connectivity index (χ0n) is 13.3. The first-order valence-corrected chi connectivity index (χ1v) is 9.03. The number of fused-ring (bicyclic) bond motifs is 7. The Morgan fingerprint density at radius 3 is 2.72 bits per heavy atom. The second-order valence-corrected chi connectivity index (χ2v) is 7.24. The van der Waals surface area contributed by atoms with Crippen molar-refractivity contribution in [2.45, 2.75) is 6.54 Å². The first kappa shape index (κ1) is 13.3. The van der Waals surface area contributed by atoms with Crippen LogP contribution in [0.2, 0.25) is 0 Å². The van der Waals surface area contributed by atoms with Crippen molar-refractivity contribution >= 4 is 32.6 Å². The molecular weight excluding hydrogens is 328 g/mol. The molecule has 118 valence electrons. The molecule has 0 atom stereocenters. The predicted octanol–water partition coefficient (Wildman–Crippen LogP) is 3.95. The molecule has 0 aliphatic carbocycles. The van der Waals surface area contributed by atoms with Gasteiger partial charge in [-0.1, -0.05) is 29.5 Å². The molecule has 0 saturated heterocycles. The van der Waals surface area contributed by atoms with Crippen LogP contribution in [-0.4, -0.2) is 14.5 Å². The Morgan fingerprint density at radius 1 is 0.960 bits per heavy atom. The first-order valence-electron chi connectivity index (χ1n) is 8.21. The van der Waals surface area contributed by atoms with Gasteiger partial charge in [0.1, 0.15) is 16.9 Å². The van der Waals surface area contributed by atoms with Crippen molar-refractivity contribution in [1.29, 1.82) is 0 Å². The Bertz CT molecular complexity index is 1270. The summed E-state index contributed by atoms with van der Waals surface area (Å²) in [5.74, 6) is 0. The molecule has 1 aliphatic heterocycles. The van der Waals surface area contributed by atoms with Crippen molar-refractivity contribution in [3.63, 3.8) is 0 Å². The molecule has 0 amide bonds. The van der Waals surface area contributed by atoms with Gasteiger partial charge in [-0.2, -0.15) is 4.57 Å². The molecule has 5 aromatic rings. The van der Waals surface area contributed by atoms with Crippen molar-refractivity contribution in [2.24, 2.45) is 0 Å². The fourth-order valence-corrected chi connectivity index (χ4v) is 5.14. The number of aromatic nitrogens is 4. The van der Waals surface area contributed by atoms with Gasteiger partial charge in [0.2, 0.25) is 0 Å². The normalized spacial score (nSPS) is 12.6. The molecule has 0 unspecified atom stereocenters. The number of pyridine rings is 2. The minimum atomic E-state index is 0.870. The Balaban J connectivity index is 1.79. The van der Waals surface area contributed by atoms with Crippen molar-refractivity contribution in [3.8, 4) is 16.3 Å². The Labute approximate surface area is 147 Å². The molecule has 5 heteroatoms. The molecule has 5 heterocycles. The fourth-order valence-electron chi connectivity index (χ4n) is 3.80. The summed E-state index contributed by atoms with van der Waals surface area (Å²) in [5, 5.41) is 2.57. The lowest BCUT2D eigenvalue weighted by Crippen LogP contribution is -2.32.